The fourth-order valence-corrected chi connectivity index (χ4v) is 4.20. The highest BCUT2D eigenvalue weighted by Gasteiger charge is 2.10. The van der Waals surface area contributed by atoms with E-state index >= 15 is 0 Å². The van der Waals surface area contributed by atoms with Crippen LogP contribution in [0.2, 0.25) is 0 Å². The van der Waals surface area contributed by atoms with Crippen molar-refractivity contribution in [3.63, 3.8) is 0 Å². The van der Waals surface area contributed by atoms with E-state index in [1.165, 1.54) is 69.5 Å². The first-order valence-electron chi connectivity index (χ1n) is 7.66. The van der Waals surface area contributed by atoms with Crippen LogP contribution >= 0.6 is 8.58 Å². The average Bonchev–Trinajstić information content (AvgIpc) is 2.44. The fraction of sp³-hybridized carbons (Fsp3) is 0.647. The van der Waals surface area contributed by atoms with Crippen molar-refractivity contribution < 1.29 is 0 Å². The Bertz CT molecular complexity index is 297. The molecule has 99 valence electrons. The summed E-state index contributed by atoms with van der Waals surface area (Å²) in [6, 6.07) is 11.0. The molecule has 1 saturated carbocycles. The predicted octanol–water partition coefficient (Wildman–Crippen LogP) is 6.03. The van der Waals surface area contributed by atoms with Crippen molar-refractivity contribution in [1.29, 1.82) is 0 Å². The Labute approximate surface area is 114 Å². The predicted molar refractivity (Wildman–Crippen MR) is 82.4 cm³/mol. The van der Waals surface area contributed by atoms with Gasteiger partial charge in [0.2, 0.25) is 0 Å². The Balaban J connectivity index is 1.74. The van der Waals surface area contributed by atoms with E-state index in [0.717, 1.165) is 5.66 Å². The fourth-order valence-electron chi connectivity index (χ4n) is 2.79. The largest absolute Gasteiger partial charge is 0.0727 e. The van der Waals surface area contributed by atoms with Crippen LogP contribution in [0.4, 0.5) is 0 Å². The molecule has 1 aromatic carbocycles. The van der Waals surface area contributed by atoms with Crippen molar-refractivity contribution in [3.8, 4) is 0 Å². The van der Waals surface area contributed by atoms with E-state index in [1.807, 2.05) is 0 Å². The van der Waals surface area contributed by atoms with Gasteiger partial charge in [-0.3, -0.25) is 0 Å². The zero-order valence-electron chi connectivity index (χ0n) is 11.5. The second-order valence-electron chi connectivity index (χ2n) is 5.53. The Morgan fingerprint density at radius 2 is 1.33 bits per heavy atom. The number of hydrogen-bond acceptors (Lipinski definition) is 0. The van der Waals surface area contributed by atoms with Crippen LogP contribution in [-0.2, 0) is 6.16 Å². The van der Waals surface area contributed by atoms with Gasteiger partial charge < -0.3 is 0 Å². The van der Waals surface area contributed by atoms with Crippen molar-refractivity contribution in [3.05, 3.63) is 35.9 Å². The third kappa shape index (κ3) is 5.53. The van der Waals surface area contributed by atoms with Crippen molar-refractivity contribution in [2.75, 3.05) is 0 Å². The van der Waals surface area contributed by atoms with E-state index < -0.39 is 0 Å². The van der Waals surface area contributed by atoms with Gasteiger partial charge in [0.15, 0.2) is 0 Å². The molecule has 1 radical (unpaired) electrons. The second kappa shape index (κ2) is 8.70. The van der Waals surface area contributed by atoms with Gasteiger partial charge in [-0.05, 0) is 30.2 Å². The van der Waals surface area contributed by atoms with Crippen molar-refractivity contribution in [2.24, 2.45) is 0 Å². The van der Waals surface area contributed by atoms with E-state index in [9.17, 15) is 0 Å². The lowest BCUT2D eigenvalue weighted by atomic mass is 10.0. The normalized spacial score (nSPS) is 20.2. The molecule has 18 heavy (non-hydrogen) atoms. The molecule has 1 aromatic rings. The smallest absolute Gasteiger partial charge is 0.00316 e. The van der Waals surface area contributed by atoms with Crippen LogP contribution in [0.1, 0.15) is 63.4 Å². The highest BCUT2D eigenvalue weighted by atomic mass is 31.1. The SMILES string of the molecule is c1ccc(C[P]C2CCCCCCCCC2)cc1. The van der Waals surface area contributed by atoms with Crippen LogP contribution in [0.5, 0.6) is 0 Å². The van der Waals surface area contributed by atoms with Crippen LogP contribution in [0.25, 0.3) is 0 Å². The summed E-state index contributed by atoms with van der Waals surface area (Å²) in [6.07, 6.45) is 14.5. The van der Waals surface area contributed by atoms with Crippen molar-refractivity contribution in [2.45, 2.75) is 69.6 Å². The summed E-state index contributed by atoms with van der Waals surface area (Å²) < 4.78 is 0. The Morgan fingerprint density at radius 1 is 0.778 bits per heavy atom. The zero-order chi connectivity index (χ0) is 12.5. The first kappa shape index (κ1) is 14.1. The molecule has 0 heterocycles. The Hall–Kier alpha value is -0.350. The molecule has 1 aliphatic carbocycles. The minimum absolute atomic E-state index is 0.961. The first-order chi connectivity index (χ1) is 8.95. The molecular weight excluding hydrogens is 235 g/mol. The molecule has 0 aliphatic heterocycles. The van der Waals surface area contributed by atoms with E-state index in [0.29, 0.717) is 0 Å². The maximum atomic E-state index is 2.27. The van der Waals surface area contributed by atoms with Gasteiger partial charge in [0.05, 0.1) is 0 Å². The van der Waals surface area contributed by atoms with Crippen molar-refractivity contribution in [1.82, 2.24) is 0 Å². The molecule has 0 nitrogen and oxygen atoms in total. The molecule has 0 unspecified atom stereocenters. The van der Waals surface area contributed by atoms with Crippen LogP contribution < -0.4 is 0 Å². The summed E-state index contributed by atoms with van der Waals surface area (Å²) in [5, 5.41) is 0. The van der Waals surface area contributed by atoms with Crippen LogP contribution in [0.3, 0.4) is 0 Å². The molecule has 0 atom stereocenters. The highest BCUT2D eigenvalue weighted by Crippen LogP contribution is 2.33. The molecule has 0 N–H and O–H groups in total. The molecule has 0 aromatic heterocycles. The quantitative estimate of drug-likeness (QED) is 0.583. The van der Waals surface area contributed by atoms with Gasteiger partial charge in [-0.2, -0.15) is 0 Å². The summed E-state index contributed by atoms with van der Waals surface area (Å²) >= 11 is 0. The van der Waals surface area contributed by atoms with Gasteiger partial charge in [-0.25, -0.2) is 0 Å². The van der Waals surface area contributed by atoms with Crippen molar-refractivity contribution >= 4 is 8.58 Å². The summed E-state index contributed by atoms with van der Waals surface area (Å²) in [7, 11) is 1.67. The van der Waals surface area contributed by atoms with Crippen LogP contribution in [0, 0.1) is 0 Å². The lowest BCUT2D eigenvalue weighted by Gasteiger charge is -2.18. The molecular formula is C17H26P. The van der Waals surface area contributed by atoms with E-state index in [-0.39, 0.29) is 0 Å². The summed E-state index contributed by atoms with van der Waals surface area (Å²) in [4.78, 5) is 0. The van der Waals surface area contributed by atoms with Gasteiger partial charge in [-0.15, -0.1) is 0 Å². The lowest BCUT2D eigenvalue weighted by molar-refractivity contribution is 0.509. The maximum absolute atomic E-state index is 2.27. The molecule has 1 heteroatoms. The topological polar surface area (TPSA) is 0 Å². The van der Waals surface area contributed by atoms with E-state index in [1.54, 1.807) is 8.58 Å². The van der Waals surface area contributed by atoms with Gasteiger partial charge in [0, 0.05) is 0 Å². The number of benzene rings is 1. The Morgan fingerprint density at radius 3 is 1.94 bits per heavy atom. The van der Waals surface area contributed by atoms with E-state index in [4.69, 9.17) is 0 Å². The molecule has 1 fully saturated rings. The highest BCUT2D eigenvalue weighted by molar-refractivity contribution is 7.38. The third-order valence-corrected chi connectivity index (χ3v) is 5.53. The van der Waals surface area contributed by atoms with Crippen LogP contribution in [0.15, 0.2) is 30.3 Å². The van der Waals surface area contributed by atoms with Gasteiger partial charge in [0.1, 0.15) is 0 Å². The maximum Gasteiger partial charge on any atom is -0.00316 e. The summed E-state index contributed by atoms with van der Waals surface area (Å²) in [5.41, 5.74) is 2.47. The summed E-state index contributed by atoms with van der Waals surface area (Å²) in [5.74, 6) is 0. The minimum Gasteiger partial charge on any atom is -0.0727 e. The van der Waals surface area contributed by atoms with E-state index in [2.05, 4.69) is 30.3 Å². The van der Waals surface area contributed by atoms with Gasteiger partial charge in [-0.1, -0.05) is 83.9 Å². The molecule has 0 amide bonds. The molecule has 2 rings (SSSR count). The van der Waals surface area contributed by atoms with Crippen LogP contribution in [-0.4, -0.2) is 5.66 Å². The number of hydrogen-bond donors (Lipinski definition) is 0. The Kier molecular flexibility index (Phi) is 6.80. The second-order valence-corrected chi connectivity index (χ2v) is 6.94. The third-order valence-electron chi connectivity index (χ3n) is 3.95. The lowest BCUT2D eigenvalue weighted by Crippen LogP contribution is -2.03. The molecule has 1 aliphatic rings. The standard InChI is InChI=1S/C17H26P/c1-2-4-9-13-17(14-10-5-3-1)18-15-16-11-7-6-8-12-16/h6-8,11-12,17H,1-5,9-10,13-15H2. The molecule has 0 bridgehead atoms. The van der Waals surface area contributed by atoms with Gasteiger partial charge in [0.25, 0.3) is 0 Å². The monoisotopic (exact) mass is 261 g/mol. The molecule has 0 saturated heterocycles. The first-order valence-corrected chi connectivity index (χ1v) is 8.80. The molecule has 0 spiro atoms. The van der Waals surface area contributed by atoms with Gasteiger partial charge >= 0.3 is 0 Å². The average molecular weight is 261 g/mol. The zero-order valence-corrected chi connectivity index (χ0v) is 12.4. The summed E-state index contributed by atoms with van der Waals surface area (Å²) in [6.45, 7) is 0. The number of rotatable bonds is 3. The minimum atomic E-state index is 0.961.